The van der Waals surface area contributed by atoms with Gasteiger partial charge in [-0.1, -0.05) is 6.07 Å². The smallest absolute Gasteiger partial charge is 0.208 e. The standard InChI is InChI=1S/C15H20FN3O/c1-10-8-19(14-7-5-6-13(16)12(14)3)15(17-10)18-11(2)9-20-4/h5-8,11H,9H2,1-4H3,(H,17,18). The molecule has 2 aromatic rings. The molecular formula is C15H20FN3O. The molecule has 1 aromatic carbocycles. The largest absolute Gasteiger partial charge is 0.383 e. The highest BCUT2D eigenvalue weighted by Crippen LogP contribution is 2.22. The molecule has 1 atom stereocenters. The molecule has 4 nitrogen and oxygen atoms in total. The van der Waals surface area contributed by atoms with Crippen molar-refractivity contribution < 1.29 is 9.13 Å². The Hall–Kier alpha value is -1.88. The first-order valence-corrected chi connectivity index (χ1v) is 6.60. The number of nitrogens with one attached hydrogen (secondary N) is 1. The molecule has 0 aliphatic rings. The maximum atomic E-state index is 13.7. The number of ether oxygens (including phenoxy) is 1. The Kier molecular flexibility index (Phi) is 4.39. The summed E-state index contributed by atoms with van der Waals surface area (Å²) in [6.45, 7) is 6.27. The highest BCUT2D eigenvalue weighted by molar-refractivity contribution is 5.48. The van der Waals surface area contributed by atoms with E-state index in [0.29, 0.717) is 18.1 Å². The van der Waals surface area contributed by atoms with E-state index in [2.05, 4.69) is 10.3 Å². The molecule has 0 spiro atoms. The predicted molar refractivity (Wildman–Crippen MR) is 78.0 cm³/mol. The van der Waals surface area contributed by atoms with Crippen molar-refractivity contribution in [2.75, 3.05) is 19.0 Å². The van der Waals surface area contributed by atoms with Gasteiger partial charge in [0.2, 0.25) is 5.95 Å². The maximum absolute atomic E-state index is 13.7. The first kappa shape index (κ1) is 14.5. The van der Waals surface area contributed by atoms with Crippen molar-refractivity contribution in [3.05, 3.63) is 41.5 Å². The van der Waals surface area contributed by atoms with E-state index in [-0.39, 0.29) is 11.9 Å². The number of imidazole rings is 1. The highest BCUT2D eigenvalue weighted by Gasteiger charge is 2.13. The Balaban J connectivity index is 2.39. The molecule has 0 aliphatic heterocycles. The van der Waals surface area contributed by atoms with Crippen molar-refractivity contribution in [2.45, 2.75) is 26.8 Å². The van der Waals surface area contributed by atoms with E-state index >= 15 is 0 Å². The molecule has 0 aliphatic carbocycles. The third-order valence-electron chi connectivity index (χ3n) is 3.12. The Morgan fingerprint density at radius 1 is 1.40 bits per heavy atom. The summed E-state index contributed by atoms with van der Waals surface area (Å²) in [7, 11) is 1.66. The van der Waals surface area contributed by atoms with Crippen LogP contribution in [0.15, 0.2) is 24.4 Å². The van der Waals surface area contributed by atoms with E-state index in [9.17, 15) is 4.39 Å². The number of hydrogen-bond acceptors (Lipinski definition) is 3. The van der Waals surface area contributed by atoms with Crippen molar-refractivity contribution in [3.8, 4) is 5.69 Å². The second kappa shape index (κ2) is 6.05. The third-order valence-corrected chi connectivity index (χ3v) is 3.12. The van der Waals surface area contributed by atoms with Gasteiger partial charge in [-0.25, -0.2) is 9.37 Å². The molecule has 2 rings (SSSR count). The number of anilines is 1. The SMILES string of the molecule is COCC(C)Nc1nc(C)cn1-c1cccc(F)c1C. The van der Waals surface area contributed by atoms with Crippen LogP contribution in [0.4, 0.5) is 10.3 Å². The fraction of sp³-hybridized carbons (Fsp3) is 0.400. The van der Waals surface area contributed by atoms with Crippen molar-refractivity contribution in [1.82, 2.24) is 9.55 Å². The zero-order valence-electron chi connectivity index (χ0n) is 12.3. The average molecular weight is 277 g/mol. The molecule has 0 fully saturated rings. The van der Waals surface area contributed by atoms with Gasteiger partial charge in [0.1, 0.15) is 5.82 Å². The van der Waals surface area contributed by atoms with Crippen LogP contribution >= 0.6 is 0 Å². The van der Waals surface area contributed by atoms with Crippen LogP contribution in [0.1, 0.15) is 18.2 Å². The number of halogens is 1. The van der Waals surface area contributed by atoms with E-state index in [0.717, 1.165) is 11.4 Å². The van der Waals surface area contributed by atoms with Gasteiger partial charge in [-0.2, -0.15) is 0 Å². The topological polar surface area (TPSA) is 39.1 Å². The maximum Gasteiger partial charge on any atom is 0.208 e. The van der Waals surface area contributed by atoms with Crippen LogP contribution in [0.3, 0.4) is 0 Å². The van der Waals surface area contributed by atoms with Gasteiger partial charge in [-0.05, 0) is 32.9 Å². The monoisotopic (exact) mass is 277 g/mol. The first-order valence-electron chi connectivity index (χ1n) is 6.60. The second-order valence-electron chi connectivity index (χ2n) is 4.96. The minimum atomic E-state index is -0.218. The van der Waals surface area contributed by atoms with Gasteiger partial charge in [-0.15, -0.1) is 0 Å². The van der Waals surface area contributed by atoms with Gasteiger partial charge in [0.15, 0.2) is 0 Å². The van der Waals surface area contributed by atoms with Gasteiger partial charge in [0.25, 0.3) is 0 Å². The first-order chi connectivity index (χ1) is 9.52. The Labute approximate surface area is 118 Å². The summed E-state index contributed by atoms with van der Waals surface area (Å²) >= 11 is 0. The lowest BCUT2D eigenvalue weighted by atomic mass is 10.2. The average Bonchev–Trinajstić information content (AvgIpc) is 2.74. The van der Waals surface area contributed by atoms with Crippen LogP contribution < -0.4 is 5.32 Å². The van der Waals surface area contributed by atoms with Gasteiger partial charge in [0, 0.05) is 24.9 Å². The molecule has 1 aromatic heterocycles. The number of aryl methyl sites for hydroxylation is 1. The molecule has 1 heterocycles. The van der Waals surface area contributed by atoms with Crippen LogP contribution in [-0.4, -0.2) is 29.3 Å². The van der Waals surface area contributed by atoms with Crippen LogP contribution in [0.5, 0.6) is 0 Å². The Morgan fingerprint density at radius 3 is 2.85 bits per heavy atom. The van der Waals surface area contributed by atoms with E-state index in [1.165, 1.54) is 6.07 Å². The zero-order chi connectivity index (χ0) is 14.7. The van der Waals surface area contributed by atoms with Crippen molar-refractivity contribution in [2.24, 2.45) is 0 Å². The summed E-state index contributed by atoms with van der Waals surface area (Å²) in [5.74, 6) is 0.477. The van der Waals surface area contributed by atoms with Gasteiger partial charge in [0.05, 0.1) is 18.0 Å². The fourth-order valence-corrected chi connectivity index (χ4v) is 2.15. The Morgan fingerprint density at radius 2 is 2.15 bits per heavy atom. The van der Waals surface area contributed by atoms with Crippen molar-refractivity contribution in [1.29, 1.82) is 0 Å². The summed E-state index contributed by atoms with van der Waals surface area (Å²) in [6, 6.07) is 5.17. The lowest BCUT2D eigenvalue weighted by Gasteiger charge is -2.16. The number of rotatable bonds is 5. The second-order valence-corrected chi connectivity index (χ2v) is 4.96. The van der Waals surface area contributed by atoms with Crippen LogP contribution in [-0.2, 0) is 4.74 Å². The molecule has 0 saturated carbocycles. The molecule has 0 saturated heterocycles. The van der Waals surface area contributed by atoms with Crippen LogP contribution in [0.2, 0.25) is 0 Å². The fourth-order valence-electron chi connectivity index (χ4n) is 2.15. The number of nitrogens with zero attached hydrogens (tertiary/aromatic N) is 2. The molecule has 0 amide bonds. The number of methoxy groups -OCH3 is 1. The summed E-state index contributed by atoms with van der Waals surface area (Å²) in [5, 5.41) is 3.28. The zero-order valence-corrected chi connectivity index (χ0v) is 12.3. The van der Waals surface area contributed by atoms with Gasteiger partial charge < -0.3 is 10.1 Å². The lowest BCUT2D eigenvalue weighted by Crippen LogP contribution is -2.23. The highest BCUT2D eigenvalue weighted by atomic mass is 19.1. The molecule has 5 heteroatoms. The summed E-state index contributed by atoms with van der Waals surface area (Å²) in [4.78, 5) is 4.45. The molecule has 1 unspecified atom stereocenters. The molecule has 1 N–H and O–H groups in total. The Bertz CT molecular complexity index is 595. The van der Waals surface area contributed by atoms with Crippen molar-refractivity contribution >= 4 is 5.95 Å². The van der Waals surface area contributed by atoms with Gasteiger partial charge in [-0.3, -0.25) is 4.57 Å². The molecule has 108 valence electrons. The lowest BCUT2D eigenvalue weighted by molar-refractivity contribution is 0.190. The summed E-state index contributed by atoms with van der Waals surface area (Å²) < 4.78 is 20.7. The number of aromatic nitrogens is 2. The molecule has 20 heavy (non-hydrogen) atoms. The minimum absolute atomic E-state index is 0.120. The van der Waals surface area contributed by atoms with Crippen molar-refractivity contribution in [3.63, 3.8) is 0 Å². The normalized spacial score (nSPS) is 12.4. The van der Waals surface area contributed by atoms with Gasteiger partial charge >= 0.3 is 0 Å². The third kappa shape index (κ3) is 2.99. The number of benzene rings is 1. The van der Waals surface area contributed by atoms with E-state index in [4.69, 9.17) is 4.74 Å². The van der Waals surface area contributed by atoms with E-state index in [1.807, 2.05) is 30.7 Å². The summed E-state index contributed by atoms with van der Waals surface area (Å²) in [5.41, 5.74) is 2.27. The van der Waals surface area contributed by atoms with E-state index in [1.54, 1.807) is 20.1 Å². The molecule has 0 bridgehead atoms. The van der Waals surface area contributed by atoms with Crippen LogP contribution in [0.25, 0.3) is 5.69 Å². The minimum Gasteiger partial charge on any atom is -0.383 e. The predicted octanol–water partition coefficient (Wildman–Crippen LogP) is 3.08. The molecular weight excluding hydrogens is 257 g/mol. The number of hydrogen-bond donors (Lipinski definition) is 1. The van der Waals surface area contributed by atoms with E-state index < -0.39 is 0 Å². The summed E-state index contributed by atoms with van der Waals surface area (Å²) in [6.07, 6.45) is 1.89. The quantitative estimate of drug-likeness (QED) is 0.913. The molecule has 0 radical (unpaired) electrons. The van der Waals surface area contributed by atoms with Crippen LogP contribution in [0, 0.1) is 19.7 Å².